The summed E-state index contributed by atoms with van der Waals surface area (Å²) in [6.07, 6.45) is 1.85. The van der Waals surface area contributed by atoms with Crippen molar-refractivity contribution in [1.82, 2.24) is 4.57 Å². The van der Waals surface area contributed by atoms with Crippen molar-refractivity contribution in [3.05, 3.63) is 58.1 Å². The van der Waals surface area contributed by atoms with Crippen LogP contribution in [0.1, 0.15) is 25.3 Å². The van der Waals surface area contributed by atoms with Gasteiger partial charge in [0.1, 0.15) is 5.82 Å². The van der Waals surface area contributed by atoms with E-state index in [1.165, 1.54) is 12.1 Å². The van der Waals surface area contributed by atoms with Crippen molar-refractivity contribution in [3.8, 4) is 11.3 Å². The monoisotopic (exact) mass is 275 g/mol. The minimum atomic E-state index is -0.303. The van der Waals surface area contributed by atoms with Gasteiger partial charge < -0.3 is 9.67 Å². The van der Waals surface area contributed by atoms with Crippen LogP contribution in [0, 0.1) is 5.82 Å². The highest BCUT2D eigenvalue weighted by Crippen LogP contribution is 2.19. The van der Waals surface area contributed by atoms with E-state index in [0.29, 0.717) is 12.1 Å². The molecule has 1 heterocycles. The Balaban J connectivity index is 2.54. The third kappa shape index (κ3) is 2.96. The van der Waals surface area contributed by atoms with Gasteiger partial charge >= 0.3 is 0 Å². The molecule has 20 heavy (non-hydrogen) atoms. The van der Waals surface area contributed by atoms with Gasteiger partial charge in [-0.2, -0.15) is 0 Å². The Hall–Kier alpha value is -1.94. The molecular formula is C16H18FNO2. The van der Waals surface area contributed by atoms with Crippen LogP contribution in [0.15, 0.2) is 41.2 Å². The lowest BCUT2D eigenvalue weighted by atomic mass is 10.1. The Kier molecular flexibility index (Phi) is 4.69. The predicted octanol–water partition coefficient (Wildman–Crippen LogP) is 2.95. The summed E-state index contributed by atoms with van der Waals surface area (Å²) >= 11 is 0. The molecule has 1 N–H and O–H groups in total. The smallest absolute Gasteiger partial charge is 0.256 e. The van der Waals surface area contributed by atoms with Gasteiger partial charge in [-0.15, -0.1) is 0 Å². The summed E-state index contributed by atoms with van der Waals surface area (Å²) in [5.41, 5.74) is 1.75. The minimum absolute atomic E-state index is 0.178. The van der Waals surface area contributed by atoms with Crippen molar-refractivity contribution in [2.75, 3.05) is 0 Å². The topological polar surface area (TPSA) is 42.2 Å². The quantitative estimate of drug-likeness (QED) is 0.911. The lowest BCUT2D eigenvalue weighted by molar-refractivity contribution is 0.279. The molecule has 1 aromatic carbocycles. The first kappa shape index (κ1) is 14.5. The number of aromatic nitrogens is 1. The Morgan fingerprint density at radius 3 is 2.45 bits per heavy atom. The number of nitrogens with zero attached hydrogens (tertiary/aromatic N) is 1. The van der Waals surface area contributed by atoms with Crippen molar-refractivity contribution in [3.63, 3.8) is 0 Å². The lowest BCUT2D eigenvalue weighted by Crippen LogP contribution is -2.25. The van der Waals surface area contributed by atoms with Gasteiger partial charge in [0.05, 0.1) is 12.3 Å². The molecule has 2 rings (SSSR count). The van der Waals surface area contributed by atoms with Crippen molar-refractivity contribution >= 4 is 0 Å². The molecule has 0 saturated heterocycles. The normalized spacial score (nSPS) is 10.8. The zero-order valence-corrected chi connectivity index (χ0v) is 11.5. The van der Waals surface area contributed by atoms with Crippen molar-refractivity contribution in [2.24, 2.45) is 0 Å². The second-order valence-electron chi connectivity index (χ2n) is 4.72. The fourth-order valence-electron chi connectivity index (χ4n) is 2.15. The van der Waals surface area contributed by atoms with E-state index in [4.69, 9.17) is 0 Å². The zero-order valence-electron chi connectivity index (χ0n) is 11.5. The summed E-state index contributed by atoms with van der Waals surface area (Å²) in [5.74, 6) is -0.303. The van der Waals surface area contributed by atoms with Gasteiger partial charge in [-0.3, -0.25) is 4.79 Å². The summed E-state index contributed by atoms with van der Waals surface area (Å²) in [4.78, 5) is 12.3. The molecule has 0 saturated carbocycles. The fraction of sp³-hybridized carbons (Fsp3) is 0.312. The van der Waals surface area contributed by atoms with E-state index in [2.05, 4.69) is 6.92 Å². The molecule has 0 fully saturated rings. The summed E-state index contributed by atoms with van der Waals surface area (Å²) < 4.78 is 14.7. The number of aliphatic hydroxyl groups is 1. The van der Waals surface area contributed by atoms with E-state index in [1.54, 1.807) is 28.8 Å². The highest BCUT2D eigenvalue weighted by molar-refractivity contribution is 5.59. The number of hydrogen-bond acceptors (Lipinski definition) is 2. The lowest BCUT2D eigenvalue weighted by Gasteiger charge is -2.14. The van der Waals surface area contributed by atoms with Gasteiger partial charge in [-0.25, -0.2) is 4.39 Å². The van der Waals surface area contributed by atoms with Crippen molar-refractivity contribution in [2.45, 2.75) is 32.9 Å². The van der Waals surface area contributed by atoms with E-state index in [-0.39, 0.29) is 18.0 Å². The zero-order chi connectivity index (χ0) is 14.5. The molecule has 4 heteroatoms. The number of halogens is 1. The van der Waals surface area contributed by atoms with Gasteiger partial charge in [-0.1, -0.05) is 13.3 Å². The molecule has 0 aliphatic carbocycles. The highest BCUT2D eigenvalue weighted by Gasteiger charge is 2.09. The number of hydrogen-bond donors (Lipinski definition) is 1. The van der Waals surface area contributed by atoms with Gasteiger partial charge in [0.15, 0.2) is 0 Å². The predicted molar refractivity (Wildman–Crippen MR) is 76.9 cm³/mol. The van der Waals surface area contributed by atoms with Crippen molar-refractivity contribution < 1.29 is 9.50 Å². The molecule has 0 aliphatic heterocycles. The summed E-state index contributed by atoms with van der Waals surface area (Å²) in [6, 6.07) is 9.50. The number of aliphatic hydroxyl groups excluding tert-OH is 1. The largest absolute Gasteiger partial charge is 0.391 e. The number of rotatable bonds is 5. The van der Waals surface area contributed by atoms with E-state index >= 15 is 0 Å². The first-order valence-corrected chi connectivity index (χ1v) is 6.77. The standard InChI is InChI=1S/C16H18FNO2/c1-2-3-10-18-15(9-6-13(11-19)16(18)20)12-4-7-14(17)8-5-12/h4-9,19H,2-3,10-11H2,1H3. The number of benzene rings is 1. The molecule has 2 aromatic rings. The maximum absolute atomic E-state index is 13.0. The van der Waals surface area contributed by atoms with Crippen molar-refractivity contribution in [1.29, 1.82) is 0 Å². The molecule has 3 nitrogen and oxygen atoms in total. The fourth-order valence-corrected chi connectivity index (χ4v) is 2.15. The molecule has 1 aromatic heterocycles. The van der Waals surface area contributed by atoms with E-state index in [1.807, 2.05) is 0 Å². The first-order chi connectivity index (χ1) is 9.67. The van der Waals surface area contributed by atoms with E-state index < -0.39 is 0 Å². The van der Waals surface area contributed by atoms with Crippen LogP contribution in [0.25, 0.3) is 11.3 Å². The highest BCUT2D eigenvalue weighted by atomic mass is 19.1. The Morgan fingerprint density at radius 1 is 1.15 bits per heavy atom. The average molecular weight is 275 g/mol. The summed E-state index contributed by atoms with van der Waals surface area (Å²) in [5, 5.41) is 9.20. The minimum Gasteiger partial charge on any atom is -0.391 e. The van der Waals surface area contributed by atoms with Gasteiger partial charge in [0.25, 0.3) is 5.56 Å². The van der Waals surface area contributed by atoms with Crippen LogP contribution in [0.3, 0.4) is 0 Å². The second-order valence-corrected chi connectivity index (χ2v) is 4.72. The maximum atomic E-state index is 13.0. The van der Waals surface area contributed by atoms with Crippen LogP contribution < -0.4 is 5.56 Å². The third-order valence-corrected chi connectivity index (χ3v) is 3.30. The second kappa shape index (κ2) is 6.48. The summed E-state index contributed by atoms with van der Waals surface area (Å²) in [7, 11) is 0. The van der Waals surface area contributed by atoms with Gasteiger partial charge in [0.2, 0.25) is 0 Å². The van der Waals surface area contributed by atoms with Gasteiger partial charge in [0, 0.05) is 12.1 Å². The van der Waals surface area contributed by atoms with Crippen LogP contribution in [-0.2, 0) is 13.2 Å². The third-order valence-electron chi connectivity index (χ3n) is 3.30. The Labute approximate surface area is 117 Å². The molecule has 0 radical (unpaired) electrons. The molecule has 0 unspecified atom stereocenters. The van der Waals surface area contributed by atoms with E-state index in [9.17, 15) is 14.3 Å². The molecule has 0 aliphatic rings. The molecule has 0 atom stereocenters. The number of pyridine rings is 1. The van der Waals surface area contributed by atoms with E-state index in [0.717, 1.165) is 24.1 Å². The maximum Gasteiger partial charge on any atom is 0.256 e. The Morgan fingerprint density at radius 2 is 1.85 bits per heavy atom. The SMILES string of the molecule is CCCCn1c(-c2ccc(F)cc2)ccc(CO)c1=O. The molecule has 106 valence electrons. The van der Waals surface area contributed by atoms with Crippen LogP contribution in [0.5, 0.6) is 0 Å². The van der Waals surface area contributed by atoms with Crippen LogP contribution >= 0.6 is 0 Å². The first-order valence-electron chi connectivity index (χ1n) is 6.77. The van der Waals surface area contributed by atoms with Crippen LogP contribution in [0.4, 0.5) is 4.39 Å². The Bertz CT molecular complexity index is 632. The molecule has 0 bridgehead atoms. The van der Waals surface area contributed by atoms with Crippen LogP contribution in [-0.4, -0.2) is 9.67 Å². The van der Waals surface area contributed by atoms with Gasteiger partial charge in [-0.05, 0) is 48.4 Å². The molecule has 0 spiro atoms. The summed E-state index contributed by atoms with van der Waals surface area (Å²) in [6.45, 7) is 2.38. The van der Waals surface area contributed by atoms with Crippen LogP contribution in [0.2, 0.25) is 0 Å². The molecular weight excluding hydrogens is 257 g/mol. The average Bonchev–Trinajstić information content (AvgIpc) is 2.47. The molecule has 0 amide bonds. The number of unbranched alkanes of at least 4 members (excludes halogenated alkanes) is 1.